The van der Waals surface area contributed by atoms with Gasteiger partial charge in [-0.1, -0.05) is 23.7 Å². The van der Waals surface area contributed by atoms with Gasteiger partial charge < -0.3 is 10.1 Å². The number of amides is 1. The normalized spacial score (nSPS) is 17.2. The molecule has 3 rings (SSSR count). The zero-order valence-corrected chi connectivity index (χ0v) is 16.5. The highest BCUT2D eigenvalue weighted by molar-refractivity contribution is 7.89. The van der Waals surface area contributed by atoms with E-state index in [1.807, 2.05) is 0 Å². The van der Waals surface area contributed by atoms with Crippen molar-refractivity contribution in [2.45, 2.75) is 23.8 Å². The van der Waals surface area contributed by atoms with Crippen LogP contribution in [0.5, 0.6) is 0 Å². The molecule has 0 saturated carbocycles. The van der Waals surface area contributed by atoms with Gasteiger partial charge in [0.25, 0.3) is 5.91 Å². The highest BCUT2D eigenvalue weighted by Crippen LogP contribution is 2.22. The Hall–Kier alpha value is -1.93. The Labute approximate surface area is 164 Å². The Balaban J connectivity index is 1.70. The number of halogens is 1. The van der Waals surface area contributed by atoms with Crippen LogP contribution in [0.3, 0.4) is 0 Å². The fourth-order valence-electron chi connectivity index (χ4n) is 2.89. The first kappa shape index (κ1) is 19.8. The van der Waals surface area contributed by atoms with Gasteiger partial charge in [-0.05, 0) is 49.2 Å². The van der Waals surface area contributed by atoms with Crippen LogP contribution in [0.1, 0.15) is 23.2 Å². The van der Waals surface area contributed by atoms with Gasteiger partial charge in [0.05, 0.1) is 21.7 Å². The first-order valence-corrected chi connectivity index (χ1v) is 10.4. The Morgan fingerprint density at radius 3 is 2.56 bits per heavy atom. The lowest BCUT2D eigenvalue weighted by atomic mass is 10.2. The molecule has 1 aliphatic heterocycles. The van der Waals surface area contributed by atoms with Crippen LogP contribution in [0.4, 0.5) is 5.69 Å². The topological polar surface area (TPSA) is 75.7 Å². The summed E-state index contributed by atoms with van der Waals surface area (Å²) in [6.45, 7) is 0.991. The Kier molecular flexibility index (Phi) is 6.16. The zero-order chi connectivity index (χ0) is 19.4. The van der Waals surface area contributed by atoms with Crippen LogP contribution in [0.15, 0.2) is 53.4 Å². The lowest BCUT2D eigenvalue weighted by Crippen LogP contribution is -2.34. The molecule has 6 nitrogen and oxygen atoms in total. The molecule has 0 bridgehead atoms. The van der Waals surface area contributed by atoms with Crippen LogP contribution in [0, 0.1) is 0 Å². The van der Waals surface area contributed by atoms with Crippen LogP contribution in [0.2, 0.25) is 5.02 Å². The third-order valence-corrected chi connectivity index (χ3v) is 6.60. The van der Waals surface area contributed by atoms with Crippen molar-refractivity contribution < 1.29 is 17.9 Å². The Morgan fingerprint density at radius 2 is 1.93 bits per heavy atom. The van der Waals surface area contributed by atoms with Crippen LogP contribution < -0.4 is 5.32 Å². The highest BCUT2D eigenvalue weighted by Gasteiger charge is 2.26. The predicted octanol–water partition coefficient (Wildman–Crippen LogP) is 3.39. The van der Waals surface area contributed by atoms with Gasteiger partial charge in [0.2, 0.25) is 10.0 Å². The molecule has 0 aliphatic carbocycles. The third kappa shape index (κ3) is 4.68. The van der Waals surface area contributed by atoms with Gasteiger partial charge >= 0.3 is 0 Å². The molecule has 1 saturated heterocycles. The van der Waals surface area contributed by atoms with Crippen LogP contribution in [-0.2, 0) is 14.8 Å². The van der Waals surface area contributed by atoms with Gasteiger partial charge in [-0.25, -0.2) is 8.42 Å². The number of sulfonamides is 1. The molecule has 1 atom stereocenters. The monoisotopic (exact) mass is 408 g/mol. The van der Waals surface area contributed by atoms with E-state index in [1.165, 1.54) is 35.6 Å². The van der Waals surface area contributed by atoms with Crippen molar-refractivity contribution in [3.8, 4) is 0 Å². The van der Waals surface area contributed by atoms with Crippen LogP contribution in [0.25, 0.3) is 0 Å². The van der Waals surface area contributed by atoms with E-state index < -0.39 is 10.0 Å². The SMILES string of the molecule is CN(C[C@@H]1CCCO1)S(=O)(=O)c1ccc(C(=O)Nc2ccccc2Cl)cc1. The van der Waals surface area contributed by atoms with Crippen molar-refractivity contribution in [2.75, 3.05) is 25.5 Å². The summed E-state index contributed by atoms with van der Waals surface area (Å²) in [5.74, 6) is -0.361. The number of hydrogen-bond acceptors (Lipinski definition) is 4. The van der Waals surface area contributed by atoms with Crippen molar-refractivity contribution in [2.24, 2.45) is 0 Å². The maximum Gasteiger partial charge on any atom is 0.255 e. The molecular weight excluding hydrogens is 388 g/mol. The molecule has 0 unspecified atom stereocenters. The van der Waals surface area contributed by atoms with Gasteiger partial charge in [0.1, 0.15) is 0 Å². The van der Waals surface area contributed by atoms with E-state index in [1.54, 1.807) is 24.3 Å². The first-order chi connectivity index (χ1) is 12.9. The van der Waals surface area contributed by atoms with E-state index in [0.29, 0.717) is 29.4 Å². The molecule has 2 aromatic rings. The summed E-state index contributed by atoms with van der Waals surface area (Å²) in [4.78, 5) is 12.5. The molecule has 1 amide bonds. The fourth-order valence-corrected chi connectivity index (χ4v) is 4.27. The Bertz CT molecular complexity index is 910. The number of carbonyl (C=O) groups excluding carboxylic acids is 1. The lowest BCUT2D eigenvalue weighted by Gasteiger charge is -2.20. The molecule has 144 valence electrons. The van der Waals surface area contributed by atoms with Crippen molar-refractivity contribution in [1.82, 2.24) is 4.31 Å². The van der Waals surface area contributed by atoms with E-state index in [0.717, 1.165) is 12.8 Å². The van der Waals surface area contributed by atoms with Gasteiger partial charge in [-0.2, -0.15) is 4.31 Å². The fraction of sp³-hybridized carbons (Fsp3) is 0.316. The molecule has 1 heterocycles. The van der Waals surface area contributed by atoms with E-state index in [-0.39, 0.29) is 16.9 Å². The summed E-state index contributed by atoms with van der Waals surface area (Å²) in [5, 5.41) is 3.14. The van der Waals surface area contributed by atoms with Crippen LogP contribution >= 0.6 is 11.6 Å². The molecule has 1 N–H and O–H groups in total. The number of carbonyl (C=O) groups is 1. The first-order valence-electron chi connectivity index (χ1n) is 8.62. The number of rotatable bonds is 6. The number of nitrogens with one attached hydrogen (secondary N) is 1. The number of anilines is 1. The summed E-state index contributed by atoms with van der Waals surface area (Å²) < 4.78 is 32.2. The maximum atomic E-state index is 12.7. The third-order valence-electron chi connectivity index (χ3n) is 4.43. The lowest BCUT2D eigenvalue weighted by molar-refractivity contribution is 0.0979. The minimum absolute atomic E-state index is 0.0644. The number of ether oxygens (including phenoxy) is 1. The van der Waals surface area contributed by atoms with Gasteiger partial charge in [-0.15, -0.1) is 0 Å². The molecule has 2 aromatic carbocycles. The van der Waals surface area contributed by atoms with Crippen molar-refractivity contribution >= 4 is 33.2 Å². The summed E-state index contributed by atoms with van der Waals surface area (Å²) in [6.07, 6.45) is 1.75. The summed E-state index contributed by atoms with van der Waals surface area (Å²) >= 11 is 6.04. The second-order valence-corrected chi connectivity index (χ2v) is 8.83. The van der Waals surface area contributed by atoms with Gasteiger partial charge in [-0.3, -0.25) is 4.79 Å². The second-order valence-electron chi connectivity index (χ2n) is 6.38. The van der Waals surface area contributed by atoms with Crippen molar-refractivity contribution in [3.05, 3.63) is 59.1 Å². The molecule has 27 heavy (non-hydrogen) atoms. The minimum Gasteiger partial charge on any atom is -0.377 e. The van der Waals surface area contributed by atoms with E-state index in [4.69, 9.17) is 16.3 Å². The average molecular weight is 409 g/mol. The maximum absolute atomic E-state index is 12.7. The molecule has 8 heteroatoms. The summed E-state index contributed by atoms with van der Waals surface area (Å²) in [7, 11) is -2.10. The second kappa shape index (κ2) is 8.39. The molecule has 0 radical (unpaired) electrons. The van der Waals surface area contributed by atoms with Gasteiger partial charge in [0, 0.05) is 25.8 Å². The summed E-state index contributed by atoms with van der Waals surface area (Å²) in [6, 6.07) is 12.7. The molecule has 0 spiro atoms. The van der Waals surface area contributed by atoms with Crippen molar-refractivity contribution in [3.63, 3.8) is 0 Å². The number of para-hydroxylation sites is 1. The number of hydrogen-bond donors (Lipinski definition) is 1. The zero-order valence-electron chi connectivity index (χ0n) is 14.9. The Morgan fingerprint density at radius 1 is 1.22 bits per heavy atom. The van der Waals surface area contributed by atoms with E-state index in [2.05, 4.69) is 5.32 Å². The van der Waals surface area contributed by atoms with E-state index in [9.17, 15) is 13.2 Å². The standard InChI is InChI=1S/C19H21ClN2O4S/c1-22(13-15-5-4-12-26-15)27(24,25)16-10-8-14(9-11-16)19(23)21-18-7-3-2-6-17(18)20/h2-3,6-11,15H,4-5,12-13H2,1H3,(H,21,23)/t15-/m0/s1. The smallest absolute Gasteiger partial charge is 0.255 e. The molecule has 1 aliphatic rings. The van der Waals surface area contributed by atoms with Crippen LogP contribution in [-0.4, -0.2) is 44.9 Å². The van der Waals surface area contributed by atoms with E-state index >= 15 is 0 Å². The molecular formula is C19H21ClN2O4S. The highest BCUT2D eigenvalue weighted by atomic mass is 35.5. The van der Waals surface area contributed by atoms with Crippen molar-refractivity contribution in [1.29, 1.82) is 0 Å². The molecule has 1 fully saturated rings. The number of likely N-dealkylation sites (N-methyl/N-ethyl adjacent to an activating group) is 1. The quantitative estimate of drug-likeness (QED) is 0.794. The average Bonchev–Trinajstić information content (AvgIpc) is 3.16. The van der Waals surface area contributed by atoms with Gasteiger partial charge in [0.15, 0.2) is 0 Å². The number of nitrogens with zero attached hydrogens (tertiary/aromatic N) is 1. The summed E-state index contributed by atoms with van der Waals surface area (Å²) in [5.41, 5.74) is 0.841. The molecule has 0 aromatic heterocycles. The predicted molar refractivity (Wildman–Crippen MR) is 105 cm³/mol. The minimum atomic E-state index is -3.63. The number of benzene rings is 2. The largest absolute Gasteiger partial charge is 0.377 e.